The Kier molecular flexibility index (Phi) is 3.01. The van der Waals surface area contributed by atoms with Gasteiger partial charge in [-0.25, -0.2) is 9.37 Å². The van der Waals surface area contributed by atoms with Crippen LogP contribution in [0.4, 0.5) is 4.39 Å². The third-order valence-electron chi connectivity index (χ3n) is 2.88. The van der Waals surface area contributed by atoms with Gasteiger partial charge in [0.2, 0.25) is 0 Å². The number of nitrogens with zero attached hydrogens (tertiary/aromatic N) is 1. The molecular weight excluding hydrogens is 251 g/mol. The average molecular weight is 264 g/mol. The zero-order valence-corrected chi connectivity index (χ0v) is 10.5. The molecular formula is C13H13FN2OS. The number of thiazole rings is 1. The first-order chi connectivity index (χ1) is 8.72. The van der Waals surface area contributed by atoms with Gasteiger partial charge in [-0.05, 0) is 25.0 Å². The number of aromatic hydroxyl groups is 1. The smallest absolute Gasteiger partial charge is 0.137 e. The van der Waals surface area contributed by atoms with E-state index in [9.17, 15) is 9.50 Å². The highest BCUT2D eigenvalue weighted by molar-refractivity contribution is 7.13. The van der Waals surface area contributed by atoms with Crippen LogP contribution in [0.15, 0.2) is 23.6 Å². The van der Waals surface area contributed by atoms with Crippen LogP contribution in [0.1, 0.15) is 18.5 Å². The van der Waals surface area contributed by atoms with E-state index in [1.54, 1.807) is 6.07 Å². The summed E-state index contributed by atoms with van der Waals surface area (Å²) in [7, 11) is 0. The molecule has 2 N–H and O–H groups in total. The van der Waals surface area contributed by atoms with Gasteiger partial charge >= 0.3 is 0 Å². The number of phenolic OH excluding ortho intramolecular Hbond substituents is 1. The second-order valence-corrected chi connectivity index (χ2v) is 5.32. The first-order valence-electron chi connectivity index (χ1n) is 5.89. The van der Waals surface area contributed by atoms with E-state index in [0.717, 1.165) is 18.3 Å². The molecule has 0 unspecified atom stereocenters. The summed E-state index contributed by atoms with van der Waals surface area (Å²) in [6.07, 6.45) is 2.48. The molecule has 1 aliphatic carbocycles. The van der Waals surface area contributed by atoms with Crippen LogP contribution in [0.3, 0.4) is 0 Å². The van der Waals surface area contributed by atoms with Crippen LogP contribution >= 0.6 is 11.3 Å². The Morgan fingerprint density at radius 3 is 3.00 bits per heavy atom. The summed E-state index contributed by atoms with van der Waals surface area (Å²) in [5, 5.41) is 15.1. The monoisotopic (exact) mass is 264 g/mol. The van der Waals surface area contributed by atoms with Crippen molar-refractivity contribution < 1.29 is 9.50 Å². The summed E-state index contributed by atoms with van der Waals surface area (Å²) < 4.78 is 13.7. The number of hydrogen-bond acceptors (Lipinski definition) is 4. The van der Waals surface area contributed by atoms with Crippen LogP contribution in [0.5, 0.6) is 5.75 Å². The summed E-state index contributed by atoms with van der Waals surface area (Å²) in [6.45, 7) is 0.737. The van der Waals surface area contributed by atoms with Crippen LogP contribution in [0, 0.1) is 5.82 Å². The maximum Gasteiger partial charge on any atom is 0.137 e. The van der Waals surface area contributed by atoms with Crippen molar-refractivity contribution in [2.45, 2.75) is 25.4 Å². The molecule has 1 saturated carbocycles. The fourth-order valence-electron chi connectivity index (χ4n) is 1.73. The molecule has 1 aromatic carbocycles. The molecule has 5 heteroatoms. The van der Waals surface area contributed by atoms with Crippen LogP contribution in [0.2, 0.25) is 0 Å². The summed E-state index contributed by atoms with van der Waals surface area (Å²) in [6, 6.07) is 4.78. The molecule has 0 aliphatic heterocycles. The van der Waals surface area contributed by atoms with E-state index in [2.05, 4.69) is 10.3 Å². The zero-order valence-electron chi connectivity index (χ0n) is 9.69. The molecule has 1 aromatic heterocycles. The van der Waals surface area contributed by atoms with Crippen molar-refractivity contribution in [3.8, 4) is 16.3 Å². The highest BCUT2D eigenvalue weighted by Gasteiger charge is 2.20. The predicted octanol–water partition coefficient (Wildman–Crippen LogP) is 2.91. The number of hydrogen-bond donors (Lipinski definition) is 2. The number of nitrogens with one attached hydrogen (secondary N) is 1. The molecule has 1 heterocycles. The predicted molar refractivity (Wildman–Crippen MR) is 69.0 cm³/mol. The topological polar surface area (TPSA) is 45.2 Å². The van der Waals surface area contributed by atoms with E-state index in [0.29, 0.717) is 16.6 Å². The summed E-state index contributed by atoms with van der Waals surface area (Å²) in [5.41, 5.74) is 1.38. The molecule has 0 radical (unpaired) electrons. The second kappa shape index (κ2) is 4.66. The molecule has 3 rings (SSSR count). The maximum absolute atomic E-state index is 13.7. The number of aromatic nitrogens is 1. The summed E-state index contributed by atoms with van der Waals surface area (Å²) >= 11 is 1.42. The number of benzene rings is 1. The van der Waals surface area contributed by atoms with Gasteiger partial charge in [-0.1, -0.05) is 0 Å². The molecule has 3 nitrogen and oxygen atoms in total. The summed E-state index contributed by atoms with van der Waals surface area (Å²) in [5.74, 6) is -0.505. The normalized spacial score (nSPS) is 14.9. The Morgan fingerprint density at radius 1 is 1.44 bits per heavy atom. The van der Waals surface area contributed by atoms with Crippen molar-refractivity contribution in [3.05, 3.63) is 35.1 Å². The van der Waals surface area contributed by atoms with Gasteiger partial charge in [-0.2, -0.15) is 0 Å². The highest BCUT2D eigenvalue weighted by Crippen LogP contribution is 2.28. The van der Waals surface area contributed by atoms with Gasteiger partial charge in [0, 0.05) is 29.6 Å². The largest absolute Gasteiger partial charge is 0.508 e. The van der Waals surface area contributed by atoms with Crippen molar-refractivity contribution >= 4 is 11.3 Å². The maximum atomic E-state index is 13.7. The van der Waals surface area contributed by atoms with Crippen molar-refractivity contribution in [1.82, 2.24) is 10.3 Å². The lowest BCUT2D eigenvalue weighted by Crippen LogP contribution is -2.15. The fourth-order valence-corrected chi connectivity index (χ4v) is 2.57. The third-order valence-corrected chi connectivity index (χ3v) is 3.81. The van der Waals surface area contributed by atoms with Crippen LogP contribution in [-0.2, 0) is 6.54 Å². The van der Waals surface area contributed by atoms with Crippen LogP contribution in [-0.4, -0.2) is 16.1 Å². The minimum atomic E-state index is -0.439. The van der Waals surface area contributed by atoms with E-state index in [1.807, 2.05) is 5.38 Å². The number of phenols is 1. The lowest BCUT2D eigenvalue weighted by molar-refractivity contribution is 0.469. The Morgan fingerprint density at radius 2 is 2.28 bits per heavy atom. The Labute approximate surface area is 108 Å². The molecule has 0 saturated heterocycles. The molecule has 0 atom stereocenters. The van der Waals surface area contributed by atoms with Crippen molar-refractivity contribution in [2.24, 2.45) is 0 Å². The van der Waals surface area contributed by atoms with Gasteiger partial charge in [0.1, 0.15) is 16.6 Å². The van der Waals surface area contributed by atoms with E-state index in [1.165, 1.54) is 30.2 Å². The molecule has 2 aromatic rings. The minimum absolute atomic E-state index is 0.0663. The van der Waals surface area contributed by atoms with Crippen molar-refractivity contribution in [1.29, 1.82) is 0 Å². The first-order valence-corrected chi connectivity index (χ1v) is 6.77. The van der Waals surface area contributed by atoms with E-state index in [-0.39, 0.29) is 5.75 Å². The quantitative estimate of drug-likeness (QED) is 0.892. The van der Waals surface area contributed by atoms with Crippen LogP contribution in [0.25, 0.3) is 10.6 Å². The van der Waals surface area contributed by atoms with Gasteiger partial charge in [-0.15, -0.1) is 11.3 Å². The standard InChI is InChI=1S/C13H13FN2OS/c14-12-5-10(17)3-4-11(12)13-16-9(7-18-13)6-15-8-1-2-8/h3-5,7-8,15,17H,1-2,6H2. The van der Waals surface area contributed by atoms with Gasteiger partial charge in [0.05, 0.1) is 5.69 Å². The number of halogens is 1. The van der Waals surface area contributed by atoms with Crippen LogP contribution < -0.4 is 5.32 Å². The van der Waals surface area contributed by atoms with Gasteiger partial charge in [0.25, 0.3) is 0 Å². The first kappa shape index (κ1) is 11.6. The molecule has 94 valence electrons. The molecule has 18 heavy (non-hydrogen) atoms. The second-order valence-electron chi connectivity index (χ2n) is 4.46. The molecule has 1 aliphatic rings. The number of rotatable bonds is 4. The average Bonchev–Trinajstić information content (AvgIpc) is 3.05. The lowest BCUT2D eigenvalue weighted by Gasteiger charge is -2.00. The summed E-state index contributed by atoms with van der Waals surface area (Å²) in [4.78, 5) is 4.41. The van der Waals surface area contributed by atoms with E-state index in [4.69, 9.17) is 0 Å². The SMILES string of the molecule is Oc1ccc(-c2nc(CNC3CC3)cs2)c(F)c1. The van der Waals surface area contributed by atoms with Gasteiger partial charge in [-0.3, -0.25) is 0 Å². The lowest BCUT2D eigenvalue weighted by atomic mass is 10.2. The van der Waals surface area contributed by atoms with Gasteiger partial charge < -0.3 is 10.4 Å². The Hall–Kier alpha value is -1.46. The molecule has 0 bridgehead atoms. The highest BCUT2D eigenvalue weighted by atomic mass is 32.1. The Balaban J connectivity index is 1.78. The zero-order chi connectivity index (χ0) is 12.5. The van der Waals surface area contributed by atoms with Crippen molar-refractivity contribution in [2.75, 3.05) is 0 Å². The third kappa shape index (κ3) is 2.52. The molecule has 0 amide bonds. The Bertz CT molecular complexity index is 566. The van der Waals surface area contributed by atoms with E-state index >= 15 is 0 Å². The van der Waals surface area contributed by atoms with E-state index < -0.39 is 5.82 Å². The van der Waals surface area contributed by atoms with Gasteiger partial charge in [0.15, 0.2) is 0 Å². The molecule has 1 fully saturated rings. The minimum Gasteiger partial charge on any atom is -0.508 e. The molecule has 0 spiro atoms. The van der Waals surface area contributed by atoms with Crippen molar-refractivity contribution in [3.63, 3.8) is 0 Å². The fraction of sp³-hybridized carbons (Fsp3) is 0.308.